The van der Waals surface area contributed by atoms with Crippen LogP contribution < -0.4 is 0 Å². The van der Waals surface area contributed by atoms with Crippen LogP contribution in [0.4, 0.5) is 0 Å². The summed E-state index contributed by atoms with van der Waals surface area (Å²) in [5, 5.41) is 10.5. The predicted molar refractivity (Wildman–Crippen MR) is 109 cm³/mol. The van der Waals surface area contributed by atoms with E-state index in [1.54, 1.807) is 11.8 Å². The number of benzene rings is 2. The van der Waals surface area contributed by atoms with Crippen LogP contribution in [0.25, 0.3) is 0 Å². The summed E-state index contributed by atoms with van der Waals surface area (Å²) in [5.41, 5.74) is 2.64. The summed E-state index contributed by atoms with van der Waals surface area (Å²) < 4.78 is 0. The Balaban J connectivity index is 1.69. The third-order valence-electron chi connectivity index (χ3n) is 5.30. The van der Waals surface area contributed by atoms with Crippen LogP contribution in [0.1, 0.15) is 17.2 Å². The molecule has 0 spiro atoms. The molecule has 0 radical (unpaired) electrons. The number of nitrogens with zero attached hydrogens (tertiary/aromatic N) is 2. The number of hydrogen-bond acceptors (Lipinski definition) is 4. The quantitative estimate of drug-likeness (QED) is 0.816. The molecule has 0 aromatic heterocycles. The van der Waals surface area contributed by atoms with Gasteiger partial charge < -0.3 is 5.11 Å². The van der Waals surface area contributed by atoms with Crippen molar-refractivity contribution >= 4 is 35.0 Å². The first-order valence-corrected chi connectivity index (χ1v) is 10.6. The van der Waals surface area contributed by atoms with E-state index in [1.807, 2.05) is 6.07 Å². The number of piperazine rings is 1. The zero-order valence-corrected chi connectivity index (χ0v) is 16.8. The maximum Gasteiger partial charge on any atom is 0.0735 e. The average Bonchev–Trinajstić information content (AvgIpc) is 2.83. The second-order valence-corrected chi connectivity index (χ2v) is 8.65. The van der Waals surface area contributed by atoms with Crippen molar-refractivity contribution in [2.75, 3.05) is 39.3 Å². The molecule has 2 aromatic rings. The highest BCUT2D eigenvalue weighted by molar-refractivity contribution is 7.99. The van der Waals surface area contributed by atoms with Crippen LogP contribution in [0.5, 0.6) is 0 Å². The molecule has 2 aliphatic heterocycles. The minimum atomic E-state index is 0.227. The number of halogens is 2. The molecule has 0 amide bonds. The van der Waals surface area contributed by atoms with Gasteiger partial charge in [-0.25, -0.2) is 0 Å². The van der Waals surface area contributed by atoms with Crippen LogP contribution in [-0.4, -0.2) is 54.2 Å². The van der Waals surface area contributed by atoms with Crippen molar-refractivity contribution in [1.82, 2.24) is 9.80 Å². The normalized spacial score (nSPS) is 21.1. The molecule has 1 N–H and O–H groups in total. The van der Waals surface area contributed by atoms with Crippen LogP contribution in [0.3, 0.4) is 0 Å². The van der Waals surface area contributed by atoms with Gasteiger partial charge in [0.05, 0.1) is 16.7 Å². The van der Waals surface area contributed by atoms with E-state index in [9.17, 15) is 5.11 Å². The summed E-state index contributed by atoms with van der Waals surface area (Å²) in [7, 11) is 0. The second kappa shape index (κ2) is 8.09. The summed E-state index contributed by atoms with van der Waals surface area (Å²) >= 11 is 14.7. The number of aliphatic hydroxyl groups is 1. The summed E-state index contributed by atoms with van der Waals surface area (Å²) in [5.74, 6) is 0. The van der Waals surface area contributed by atoms with E-state index in [0.717, 1.165) is 44.0 Å². The maximum atomic E-state index is 9.18. The Hall–Kier alpha value is -0.750. The lowest BCUT2D eigenvalue weighted by atomic mass is 9.96. The molecule has 0 bridgehead atoms. The zero-order valence-electron chi connectivity index (χ0n) is 14.5. The van der Waals surface area contributed by atoms with Crippen LogP contribution in [-0.2, 0) is 6.42 Å². The average molecular weight is 409 g/mol. The molecular weight excluding hydrogens is 387 g/mol. The van der Waals surface area contributed by atoms with Gasteiger partial charge in [0, 0.05) is 48.6 Å². The monoisotopic (exact) mass is 408 g/mol. The lowest BCUT2D eigenvalue weighted by molar-refractivity contribution is 0.0823. The SMILES string of the molecule is OCCN1CCN(C2Cc3ccccc3Sc3c2ccc(Cl)c3Cl)CC1. The highest BCUT2D eigenvalue weighted by Crippen LogP contribution is 2.47. The van der Waals surface area contributed by atoms with Gasteiger partial charge in [0.1, 0.15) is 0 Å². The number of aliphatic hydroxyl groups excluding tert-OH is 1. The van der Waals surface area contributed by atoms with Gasteiger partial charge in [-0.3, -0.25) is 9.80 Å². The van der Waals surface area contributed by atoms with E-state index < -0.39 is 0 Å². The van der Waals surface area contributed by atoms with Gasteiger partial charge in [-0.1, -0.05) is 59.2 Å². The van der Waals surface area contributed by atoms with Crippen LogP contribution >= 0.6 is 35.0 Å². The molecule has 2 aromatic carbocycles. The van der Waals surface area contributed by atoms with Crippen molar-refractivity contribution in [3.05, 3.63) is 57.6 Å². The fourth-order valence-corrected chi connectivity index (χ4v) is 5.55. The van der Waals surface area contributed by atoms with Crippen LogP contribution in [0.2, 0.25) is 10.0 Å². The van der Waals surface area contributed by atoms with Crippen molar-refractivity contribution < 1.29 is 5.11 Å². The van der Waals surface area contributed by atoms with Crippen LogP contribution in [0, 0.1) is 0 Å². The highest BCUT2D eigenvalue weighted by Gasteiger charge is 2.31. The predicted octanol–water partition coefficient (Wildman–Crippen LogP) is 4.35. The van der Waals surface area contributed by atoms with E-state index >= 15 is 0 Å². The Kier molecular flexibility index (Phi) is 5.79. The first-order valence-electron chi connectivity index (χ1n) is 8.98. The molecule has 2 aliphatic rings. The Labute approximate surface area is 168 Å². The standard InChI is InChI=1S/C20H22Cl2N2OS/c21-16-6-5-15-17(24-9-7-23(8-10-24)11-12-25)13-14-3-1-2-4-18(14)26-20(15)19(16)22/h1-6,17,25H,7-13H2. The van der Waals surface area contributed by atoms with Crippen molar-refractivity contribution in [2.24, 2.45) is 0 Å². The van der Waals surface area contributed by atoms with Gasteiger partial charge >= 0.3 is 0 Å². The Morgan fingerprint density at radius 1 is 1.04 bits per heavy atom. The maximum absolute atomic E-state index is 9.18. The molecule has 1 fully saturated rings. The molecule has 1 saturated heterocycles. The molecule has 0 saturated carbocycles. The first kappa shape index (κ1) is 18.6. The molecule has 1 atom stereocenters. The highest BCUT2D eigenvalue weighted by atomic mass is 35.5. The summed E-state index contributed by atoms with van der Waals surface area (Å²) in [6.45, 7) is 4.96. The molecule has 3 nitrogen and oxygen atoms in total. The molecule has 26 heavy (non-hydrogen) atoms. The smallest absolute Gasteiger partial charge is 0.0735 e. The molecule has 4 rings (SSSR count). The van der Waals surface area contributed by atoms with Crippen molar-refractivity contribution in [3.8, 4) is 0 Å². The minimum absolute atomic E-state index is 0.227. The van der Waals surface area contributed by atoms with Gasteiger partial charge in [0.2, 0.25) is 0 Å². The number of hydrogen-bond donors (Lipinski definition) is 1. The zero-order chi connectivity index (χ0) is 18.1. The van der Waals surface area contributed by atoms with Gasteiger partial charge in [0.25, 0.3) is 0 Å². The van der Waals surface area contributed by atoms with E-state index in [0.29, 0.717) is 16.1 Å². The van der Waals surface area contributed by atoms with Crippen LogP contribution in [0.15, 0.2) is 46.2 Å². The number of fused-ring (bicyclic) bond motifs is 2. The second-order valence-electron chi connectivity index (χ2n) is 6.81. The fraction of sp³-hybridized carbons (Fsp3) is 0.400. The Morgan fingerprint density at radius 2 is 1.81 bits per heavy atom. The van der Waals surface area contributed by atoms with Gasteiger partial charge in [-0.15, -0.1) is 0 Å². The molecule has 1 unspecified atom stereocenters. The van der Waals surface area contributed by atoms with E-state index in [4.69, 9.17) is 23.2 Å². The Morgan fingerprint density at radius 3 is 2.58 bits per heavy atom. The molecule has 6 heteroatoms. The molecular formula is C20H22Cl2N2OS. The molecule has 2 heterocycles. The molecule has 0 aliphatic carbocycles. The lowest BCUT2D eigenvalue weighted by Crippen LogP contribution is -2.48. The van der Waals surface area contributed by atoms with E-state index in [-0.39, 0.29) is 6.61 Å². The fourth-order valence-electron chi connectivity index (χ4n) is 3.88. The summed E-state index contributed by atoms with van der Waals surface area (Å²) in [6.07, 6.45) is 0.980. The Bertz CT molecular complexity index is 793. The van der Waals surface area contributed by atoms with E-state index in [1.165, 1.54) is 16.0 Å². The third-order valence-corrected chi connectivity index (χ3v) is 7.48. The summed E-state index contributed by atoms with van der Waals surface area (Å²) in [4.78, 5) is 7.23. The van der Waals surface area contributed by atoms with Crippen molar-refractivity contribution in [3.63, 3.8) is 0 Å². The largest absolute Gasteiger partial charge is 0.395 e. The lowest BCUT2D eigenvalue weighted by Gasteiger charge is -2.39. The van der Waals surface area contributed by atoms with Gasteiger partial charge in [0.15, 0.2) is 0 Å². The van der Waals surface area contributed by atoms with Gasteiger partial charge in [-0.2, -0.15) is 0 Å². The molecule has 138 valence electrons. The van der Waals surface area contributed by atoms with Crippen molar-refractivity contribution in [1.29, 1.82) is 0 Å². The third kappa shape index (κ3) is 3.64. The topological polar surface area (TPSA) is 26.7 Å². The minimum Gasteiger partial charge on any atom is -0.395 e. The van der Waals surface area contributed by atoms with Crippen molar-refractivity contribution in [2.45, 2.75) is 22.3 Å². The first-order chi connectivity index (χ1) is 12.7. The van der Waals surface area contributed by atoms with Gasteiger partial charge in [-0.05, 0) is 29.7 Å². The number of β-amino-alcohol motifs (C(OH)–C–C–N with tert-alkyl or cyclic N) is 1. The number of rotatable bonds is 3. The summed E-state index contributed by atoms with van der Waals surface area (Å²) in [6, 6.07) is 13.0. The van der Waals surface area contributed by atoms with E-state index in [2.05, 4.69) is 40.1 Å².